The van der Waals surface area contributed by atoms with Crippen LogP contribution in [0.25, 0.3) is 0 Å². The van der Waals surface area contributed by atoms with Crippen LogP contribution in [-0.2, 0) is 4.79 Å². The zero-order valence-corrected chi connectivity index (χ0v) is 11.3. The second-order valence-corrected chi connectivity index (χ2v) is 4.73. The maximum Gasteiger partial charge on any atom is 0.256 e. The lowest BCUT2D eigenvalue weighted by Crippen LogP contribution is -2.12. The molecule has 0 unspecified atom stereocenters. The van der Waals surface area contributed by atoms with Crippen molar-refractivity contribution in [1.29, 1.82) is 0 Å². The van der Waals surface area contributed by atoms with Gasteiger partial charge in [0.25, 0.3) is 5.91 Å². The number of amides is 2. The molecule has 2 N–H and O–H groups in total. The average molecular weight is 274 g/mol. The summed E-state index contributed by atoms with van der Waals surface area (Å²) in [6, 6.07) is 8.86. The van der Waals surface area contributed by atoms with Crippen LogP contribution in [0.4, 0.5) is 11.4 Å². The topological polar surface area (TPSA) is 58.2 Å². The van der Waals surface area contributed by atoms with Crippen molar-refractivity contribution in [2.75, 3.05) is 10.6 Å². The Hall–Kier alpha value is -2.14. The van der Waals surface area contributed by atoms with Crippen LogP contribution in [0.1, 0.15) is 23.7 Å². The summed E-state index contributed by atoms with van der Waals surface area (Å²) >= 11 is 1.48. The summed E-state index contributed by atoms with van der Waals surface area (Å²) in [7, 11) is 0. The molecule has 0 saturated carbocycles. The summed E-state index contributed by atoms with van der Waals surface area (Å²) in [6.45, 7) is 1.79. The van der Waals surface area contributed by atoms with Gasteiger partial charge in [0, 0.05) is 23.2 Å². The zero-order chi connectivity index (χ0) is 13.7. The normalized spacial score (nSPS) is 9.95. The number of nitrogens with one attached hydrogen (secondary N) is 2. The highest BCUT2D eigenvalue weighted by molar-refractivity contribution is 7.08. The van der Waals surface area contributed by atoms with Gasteiger partial charge in [0.1, 0.15) is 0 Å². The second-order valence-electron chi connectivity index (χ2n) is 3.95. The standard InChI is InChI=1S/C14H14N2O2S/c1-2-13(17)15-11-4-3-5-12(8-11)16-14(18)10-6-7-19-9-10/h3-9H,2H2,1H3,(H,15,17)(H,16,18). The first-order valence-electron chi connectivity index (χ1n) is 5.92. The van der Waals surface area contributed by atoms with Gasteiger partial charge >= 0.3 is 0 Å². The number of carbonyl (C=O) groups excluding carboxylic acids is 2. The summed E-state index contributed by atoms with van der Waals surface area (Å²) in [5, 5.41) is 9.19. The number of thiophene rings is 1. The predicted octanol–water partition coefficient (Wildman–Crippen LogP) is 3.35. The van der Waals surface area contributed by atoms with Gasteiger partial charge in [-0.2, -0.15) is 11.3 Å². The molecule has 0 spiro atoms. The van der Waals surface area contributed by atoms with E-state index >= 15 is 0 Å². The van der Waals surface area contributed by atoms with Gasteiger partial charge in [-0.3, -0.25) is 9.59 Å². The monoisotopic (exact) mass is 274 g/mol. The van der Waals surface area contributed by atoms with Crippen molar-refractivity contribution in [1.82, 2.24) is 0 Å². The lowest BCUT2D eigenvalue weighted by atomic mass is 10.2. The highest BCUT2D eigenvalue weighted by atomic mass is 32.1. The molecule has 0 aliphatic heterocycles. The number of hydrogen-bond donors (Lipinski definition) is 2. The van der Waals surface area contributed by atoms with E-state index in [1.807, 2.05) is 5.38 Å². The van der Waals surface area contributed by atoms with E-state index in [4.69, 9.17) is 0 Å². The molecule has 0 aliphatic rings. The third-order valence-electron chi connectivity index (χ3n) is 2.51. The fourth-order valence-electron chi connectivity index (χ4n) is 1.52. The molecule has 19 heavy (non-hydrogen) atoms. The number of anilines is 2. The zero-order valence-electron chi connectivity index (χ0n) is 10.5. The third-order valence-corrected chi connectivity index (χ3v) is 3.19. The quantitative estimate of drug-likeness (QED) is 0.898. The third kappa shape index (κ3) is 3.66. The molecule has 4 nitrogen and oxygen atoms in total. The van der Waals surface area contributed by atoms with E-state index < -0.39 is 0 Å². The van der Waals surface area contributed by atoms with Crippen molar-refractivity contribution < 1.29 is 9.59 Å². The SMILES string of the molecule is CCC(=O)Nc1cccc(NC(=O)c2ccsc2)c1. The number of benzene rings is 1. The minimum absolute atomic E-state index is 0.0543. The fraction of sp³-hybridized carbons (Fsp3) is 0.143. The van der Waals surface area contributed by atoms with Crippen molar-refractivity contribution in [3.8, 4) is 0 Å². The van der Waals surface area contributed by atoms with Crippen LogP contribution in [0.15, 0.2) is 41.1 Å². The Balaban J connectivity index is 2.07. The first-order valence-corrected chi connectivity index (χ1v) is 6.87. The summed E-state index contributed by atoms with van der Waals surface area (Å²) < 4.78 is 0. The molecule has 1 heterocycles. The maximum atomic E-state index is 11.9. The largest absolute Gasteiger partial charge is 0.326 e. The molecule has 2 aromatic rings. The minimum Gasteiger partial charge on any atom is -0.326 e. The Bertz CT molecular complexity index is 579. The van der Waals surface area contributed by atoms with E-state index in [9.17, 15) is 9.59 Å². The fourth-order valence-corrected chi connectivity index (χ4v) is 2.16. The summed E-state index contributed by atoms with van der Waals surface area (Å²) in [5.74, 6) is -0.207. The van der Waals surface area contributed by atoms with Gasteiger partial charge in [-0.1, -0.05) is 13.0 Å². The number of carbonyl (C=O) groups is 2. The van der Waals surface area contributed by atoms with Gasteiger partial charge in [-0.15, -0.1) is 0 Å². The van der Waals surface area contributed by atoms with Crippen LogP contribution in [0, 0.1) is 0 Å². The predicted molar refractivity (Wildman–Crippen MR) is 77.6 cm³/mol. The molecule has 1 aromatic heterocycles. The lowest BCUT2D eigenvalue weighted by molar-refractivity contribution is -0.115. The highest BCUT2D eigenvalue weighted by Gasteiger charge is 2.07. The van der Waals surface area contributed by atoms with Crippen LogP contribution < -0.4 is 10.6 Å². The van der Waals surface area contributed by atoms with Gasteiger partial charge in [-0.05, 0) is 29.6 Å². The molecule has 1 aromatic carbocycles. The van der Waals surface area contributed by atoms with E-state index in [-0.39, 0.29) is 11.8 Å². The van der Waals surface area contributed by atoms with Crippen LogP contribution in [0.3, 0.4) is 0 Å². The van der Waals surface area contributed by atoms with Gasteiger partial charge in [0.2, 0.25) is 5.91 Å². The van der Waals surface area contributed by atoms with Crippen molar-refractivity contribution in [2.24, 2.45) is 0 Å². The molecule has 2 amide bonds. The Morgan fingerprint density at radius 1 is 1.16 bits per heavy atom. The van der Waals surface area contributed by atoms with E-state index in [1.165, 1.54) is 11.3 Å². The van der Waals surface area contributed by atoms with Crippen LogP contribution in [-0.4, -0.2) is 11.8 Å². The number of hydrogen-bond acceptors (Lipinski definition) is 3. The first kappa shape index (κ1) is 13.3. The van der Waals surface area contributed by atoms with Gasteiger partial charge in [-0.25, -0.2) is 0 Å². The van der Waals surface area contributed by atoms with E-state index in [1.54, 1.807) is 42.6 Å². The Morgan fingerprint density at radius 3 is 2.53 bits per heavy atom. The van der Waals surface area contributed by atoms with E-state index in [0.717, 1.165) is 0 Å². The van der Waals surface area contributed by atoms with Crippen molar-refractivity contribution in [2.45, 2.75) is 13.3 Å². The average Bonchev–Trinajstić information content (AvgIpc) is 2.93. The molecule has 2 rings (SSSR count). The second kappa shape index (κ2) is 6.15. The summed E-state index contributed by atoms with van der Waals surface area (Å²) in [6.07, 6.45) is 0.422. The van der Waals surface area contributed by atoms with E-state index in [0.29, 0.717) is 23.4 Å². The molecule has 0 saturated heterocycles. The van der Waals surface area contributed by atoms with Crippen molar-refractivity contribution >= 4 is 34.5 Å². The van der Waals surface area contributed by atoms with Crippen LogP contribution >= 0.6 is 11.3 Å². The van der Waals surface area contributed by atoms with Crippen LogP contribution in [0.5, 0.6) is 0 Å². The molecule has 5 heteroatoms. The Kier molecular flexibility index (Phi) is 4.30. The Labute approximate surface area is 115 Å². The van der Waals surface area contributed by atoms with Gasteiger partial charge in [0.05, 0.1) is 5.56 Å². The molecule has 98 valence electrons. The molecule has 0 atom stereocenters. The van der Waals surface area contributed by atoms with Crippen LogP contribution in [0.2, 0.25) is 0 Å². The van der Waals surface area contributed by atoms with Crippen molar-refractivity contribution in [3.05, 3.63) is 46.7 Å². The smallest absolute Gasteiger partial charge is 0.256 e. The summed E-state index contributed by atoms with van der Waals surface area (Å²) in [4.78, 5) is 23.2. The van der Waals surface area contributed by atoms with Gasteiger partial charge in [0.15, 0.2) is 0 Å². The first-order chi connectivity index (χ1) is 9.19. The van der Waals surface area contributed by atoms with E-state index in [2.05, 4.69) is 10.6 Å². The minimum atomic E-state index is -0.153. The molecule has 0 fully saturated rings. The highest BCUT2D eigenvalue weighted by Crippen LogP contribution is 2.17. The van der Waals surface area contributed by atoms with Gasteiger partial charge < -0.3 is 10.6 Å². The molecule has 0 radical (unpaired) electrons. The molecular formula is C14H14N2O2S. The maximum absolute atomic E-state index is 11.9. The van der Waals surface area contributed by atoms with Crippen molar-refractivity contribution in [3.63, 3.8) is 0 Å². The summed E-state index contributed by atoms with van der Waals surface area (Å²) in [5.41, 5.74) is 1.97. The lowest BCUT2D eigenvalue weighted by Gasteiger charge is -2.07. The molecule has 0 aliphatic carbocycles. The molecule has 0 bridgehead atoms. The number of rotatable bonds is 4. The molecular weight excluding hydrogens is 260 g/mol. The Morgan fingerprint density at radius 2 is 1.89 bits per heavy atom.